The molecule has 0 radical (unpaired) electrons. The van der Waals surface area contributed by atoms with Crippen LogP contribution in [0.5, 0.6) is 0 Å². The number of halogens is 3. The minimum absolute atomic E-state index is 0. The third-order valence-electron chi connectivity index (χ3n) is 5.51. The van der Waals surface area contributed by atoms with Crippen LogP contribution in [-0.4, -0.2) is 47.8 Å². The molecule has 2 aliphatic rings. The van der Waals surface area contributed by atoms with Gasteiger partial charge < -0.3 is 10.4 Å². The predicted octanol–water partition coefficient (Wildman–Crippen LogP) is 4.26. The van der Waals surface area contributed by atoms with Crippen LogP contribution in [-0.2, 0) is 0 Å². The Balaban J connectivity index is 0.00000156. The van der Waals surface area contributed by atoms with Crippen LogP contribution in [0.3, 0.4) is 0 Å². The summed E-state index contributed by atoms with van der Waals surface area (Å²) < 4.78 is 0. The zero-order chi connectivity index (χ0) is 16.3. The van der Waals surface area contributed by atoms with Gasteiger partial charge in [0.15, 0.2) is 0 Å². The standard InChI is InChI=1S/C19H29ClN2O.2ClH/c1-15-13-22(11-10-21-15)14-18(16-6-5-7-17(20)12-16)19(23)8-3-2-4-9-19;;/h5-7,12,15,18,21,23H,2-4,8-11,13-14H2,1H3;2*1H/t15-,18?;;/m1../s1. The molecule has 0 bridgehead atoms. The molecule has 25 heavy (non-hydrogen) atoms. The van der Waals surface area contributed by atoms with Gasteiger partial charge >= 0.3 is 0 Å². The first-order chi connectivity index (χ1) is 11.1. The molecule has 1 aliphatic heterocycles. The summed E-state index contributed by atoms with van der Waals surface area (Å²) in [4.78, 5) is 2.50. The number of piperazine rings is 1. The van der Waals surface area contributed by atoms with E-state index in [1.54, 1.807) is 0 Å². The highest BCUT2D eigenvalue weighted by atomic mass is 35.5. The zero-order valence-electron chi connectivity index (χ0n) is 14.9. The van der Waals surface area contributed by atoms with Crippen molar-refractivity contribution in [2.45, 2.75) is 56.6 Å². The van der Waals surface area contributed by atoms with E-state index in [4.69, 9.17) is 11.6 Å². The molecular formula is C19H31Cl3N2O. The summed E-state index contributed by atoms with van der Waals surface area (Å²) >= 11 is 6.23. The van der Waals surface area contributed by atoms with E-state index in [0.717, 1.165) is 56.9 Å². The Morgan fingerprint density at radius 2 is 2.00 bits per heavy atom. The molecule has 144 valence electrons. The van der Waals surface area contributed by atoms with E-state index in [1.165, 1.54) is 12.0 Å². The first kappa shape index (κ1) is 23.0. The van der Waals surface area contributed by atoms with E-state index in [9.17, 15) is 5.11 Å². The average molecular weight is 410 g/mol. The van der Waals surface area contributed by atoms with Crippen molar-refractivity contribution in [2.24, 2.45) is 0 Å². The van der Waals surface area contributed by atoms with Gasteiger partial charge in [-0.15, -0.1) is 24.8 Å². The molecule has 1 aromatic carbocycles. The molecule has 2 N–H and O–H groups in total. The Morgan fingerprint density at radius 3 is 2.64 bits per heavy atom. The molecule has 1 aromatic rings. The molecular weight excluding hydrogens is 379 g/mol. The number of nitrogens with zero attached hydrogens (tertiary/aromatic N) is 1. The largest absolute Gasteiger partial charge is 0.389 e. The first-order valence-corrected chi connectivity index (χ1v) is 9.38. The summed E-state index contributed by atoms with van der Waals surface area (Å²) in [5, 5.41) is 15.6. The second-order valence-electron chi connectivity index (χ2n) is 7.39. The Kier molecular flexibility index (Phi) is 9.52. The summed E-state index contributed by atoms with van der Waals surface area (Å²) in [6, 6.07) is 8.63. The highest BCUT2D eigenvalue weighted by molar-refractivity contribution is 6.30. The van der Waals surface area contributed by atoms with Crippen LogP contribution in [0.2, 0.25) is 5.02 Å². The van der Waals surface area contributed by atoms with Crippen LogP contribution in [0.25, 0.3) is 0 Å². The number of hydrogen-bond donors (Lipinski definition) is 2. The van der Waals surface area contributed by atoms with Gasteiger partial charge in [-0.05, 0) is 37.5 Å². The van der Waals surface area contributed by atoms with Crippen LogP contribution < -0.4 is 5.32 Å². The van der Waals surface area contributed by atoms with Crippen molar-refractivity contribution >= 4 is 36.4 Å². The number of rotatable bonds is 4. The summed E-state index contributed by atoms with van der Waals surface area (Å²) in [6.45, 7) is 6.28. The van der Waals surface area contributed by atoms with Gasteiger partial charge in [-0.3, -0.25) is 4.90 Å². The van der Waals surface area contributed by atoms with Crippen LogP contribution in [0.1, 0.15) is 50.5 Å². The van der Waals surface area contributed by atoms with E-state index in [2.05, 4.69) is 23.2 Å². The number of nitrogens with one attached hydrogen (secondary N) is 1. The van der Waals surface area contributed by atoms with Crippen molar-refractivity contribution in [3.05, 3.63) is 34.9 Å². The highest BCUT2D eigenvalue weighted by Crippen LogP contribution is 2.41. The van der Waals surface area contributed by atoms with Gasteiger partial charge in [0.05, 0.1) is 5.60 Å². The Labute approximate surface area is 169 Å². The molecule has 1 unspecified atom stereocenters. The fraction of sp³-hybridized carbons (Fsp3) is 0.684. The molecule has 0 spiro atoms. The second kappa shape index (κ2) is 10.3. The molecule has 1 aliphatic carbocycles. The third-order valence-corrected chi connectivity index (χ3v) is 5.75. The van der Waals surface area contributed by atoms with Crippen molar-refractivity contribution in [1.82, 2.24) is 10.2 Å². The van der Waals surface area contributed by atoms with Gasteiger partial charge in [0, 0.05) is 43.2 Å². The first-order valence-electron chi connectivity index (χ1n) is 9.00. The van der Waals surface area contributed by atoms with Gasteiger partial charge in [-0.25, -0.2) is 0 Å². The molecule has 0 amide bonds. The SMILES string of the molecule is C[C@@H]1CN(CC(c2cccc(Cl)c2)C2(O)CCCCC2)CCN1.Cl.Cl. The Bertz CT molecular complexity index is 523. The van der Waals surface area contributed by atoms with E-state index < -0.39 is 5.60 Å². The molecule has 1 saturated heterocycles. The monoisotopic (exact) mass is 408 g/mol. The van der Waals surface area contributed by atoms with E-state index in [0.29, 0.717) is 6.04 Å². The van der Waals surface area contributed by atoms with Gasteiger partial charge in [0.2, 0.25) is 0 Å². The Hall–Kier alpha value is -0.0300. The van der Waals surface area contributed by atoms with Crippen molar-refractivity contribution in [2.75, 3.05) is 26.2 Å². The topological polar surface area (TPSA) is 35.5 Å². The lowest BCUT2D eigenvalue weighted by atomic mass is 9.72. The van der Waals surface area contributed by atoms with Crippen molar-refractivity contribution < 1.29 is 5.11 Å². The normalized spacial score (nSPS) is 24.7. The fourth-order valence-corrected chi connectivity index (χ4v) is 4.46. The highest BCUT2D eigenvalue weighted by Gasteiger charge is 2.39. The summed E-state index contributed by atoms with van der Waals surface area (Å²) in [5.74, 6) is 0.145. The maximum absolute atomic E-state index is 11.4. The minimum Gasteiger partial charge on any atom is -0.389 e. The van der Waals surface area contributed by atoms with E-state index >= 15 is 0 Å². The lowest BCUT2D eigenvalue weighted by molar-refractivity contribution is -0.0325. The van der Waals surface area contributed by atoms with Crippen molar-refractivity contribution in [3.63, 3.8) is 0 Å². The molecule has 3 nitrogen and oxygen atoms in total. The lowest BCUT2D eigenvalue weighted by Gasteiger charge is -2.43. The van der Waals surface area contributed by atoms with Gasteiger partial charge in [-0.1, -0.05) is 43.0 Å². The fourth-order valence-electron chi connectivity index (χ4n) is 4.26. The van der Waals surface area contributed by atoms with Crippen molar-refractivity contribution in [1.29, 1.82) is 0 Å². The molecule has 2 atom stereocenters. The van der Waals surface area contributed by atoms with Gasteiger partial charge in [0.1, 0.15) is 0 Å². The maximum atomic E-state index is 11.4. The number of benzene rings is 1. The van der Waals surface area contributed by atoms with Crippen LogP contribution in [0.15, 0.2) is 24.3 Å². The smallest absolute Gasteiger partial charge is 0.0728 e. The molecule has 3 rings (SSSR count). The van der Waals surface area contributed by atoms with Crippen LogP contribution >= 0.6 is 36.4 Å². The molecule has 0 aromatic heterocycles. The third kappa shape index (κ3) is 5.98. The van der Waals surface area contributed by atoms with Crippen LogP contribution in [0.4, 0.5) is 0 Å². The lowest BCUT2D eigenvalue weighted by Crippen LogP contribution is -2.52. The maximum Gasteiger partial charge on any atom is 0.0728 e. The van der Waals surface area contributed by atoms with Gasteiger partial charge in [-0.2, -0.15) is 0 Å². The molecule has 2 fully saturated rings. The number of aliphatic hydroxyl groups is 1. The molecule has 6 heteroatoms. The minimum atomic E-state index is -0.586. The van der Waals surface area contributed by atoms with E-state index in [1.807, 2.05) is 18.2 Å². The predicted molar refractivity (Wildman–Crippen MR) is 111 cm³/mol. The zero-order valence-corrected chi connectivity index (χ0v) is 17.3. The van der Waals surface area contributed by atoms with Gasteiger partial charge in [0.25, 0.3) is 0 Å². The summed E-state index contributed by atoms with van der Waals surface area (Å²) in [5.41, 5.74) is 0.602. The average Bonchev–Trinajstić information content (AvgIpc) is 2.53. The van der Waals surface area contributed by atoms with Crippen molar-refractivity contribution in [3.8, 4) is 0 Å². The Morgan fingerprint density at radius 1 is 1.28 bits per heavy atom. The number of hydrogen-bond acceptors (Lipinski definition) is 3. The second-order valence-corrected chi connectivity index (χ2v) is 7.82. The molecule has 1 saturated carbocycles. The molecule has 1 heterocycles. The summed E-state index contributed by atoms with van der Waals surface area (Å²) in [6.07, 6.45) is 5.32. The van der Waals surface area contributed by atoms with Crippen LogP contribution in [0, 0.1) is 0 Å². The van der Waals surface area contributed by atoms with E-state index in [-0.39, 0.29) is 30.7 Å². The summed E-state index contributed by atoms with van der Waals surface area (Å²) in [7, 11) is 0. The quantitative estimate of drug-likeness (QED) is 0.780.